The molecule has 2 aromatic carbocycles. The number of nitrogens with zero attached hydrogens (tertiary/aromatic N) is 1. The van der Waals surface area contributed by atoms with Crippen LogP contribution >= 0.6 is 23.8 Å². The number of amides is 1. The van der Waals surface area contributed by atoms with Crippen molar-refractivity contribution in [2.24, 2.45) is 0 Å². The molecule has 0 fully saturated rings. The second kappa shape index (κ2) is 7.55. The fourth-order valence-electron chi connectivity index (χ4n) is 1.75. The van der Waals surface area contributed by atoms with Gasteiger partial charge in [0.15, 0.2) is 5.11 Å². The molecule has 0 spiro atoms. The van der Waals surface area contributed by atoms with Crippen molar-refractivity contribution in [3.63, 3.8) is 0 Å². The van der Waals surface area contributed by atoms with Gasteiger partial charge in [0.25, 0.3) is 0 Å². The van der Waals surface area contributed by atoms with E-state index in [1.807, 2.05) is 6.07 Å². The van der Waals surface area contributed by atoms with E-state index in [0.717, 1.165) is 5.56 Å². The smallest absolute Gasteiger partial charge is 0.230 e. The van der Waals surface area contributed by atoms with Gasteiger partial charge >= 0.3 is 0 Å². The Bertz CT molecular complexity index is 721. The van der Waals surface area contributed by atoms with Crippen LogP contribution in [0.1, 0.15) is 11.1 Å². The quantitative estimate of drug-likeness (QED) is 0.848. The molecule has 0 saturated carbocycles. The first-order valence-electron chi connectivity index (χ1n) is 6.42. The highest BCUT2D eigenvalue weighted by atomic mass is 35.5. The van der Waals surface area contributed by atoms with Gasteiger partial charge in [0.1, 0.15) is 0 Å². The maximum absolute atomic E-state index is 11.9. The Morgan fingerprint density at radius 1 is 1.14 bits per heavy atom. The number of rotatable bonds is 3. The molecule has 0 aromatic heterocycles. The molecule has 0 aliphatic rings. The molecule has 2 N–H and O–H groups in total. The number of nitrogens with one attached hydrogen (secondary N) is 2. The van der Waals surface area contributed by atoms with E-state index in [4.69, 9.17) is 29.1 Å². The van der Waals surface area contributed by atoms with Gasteiger partial charge in [-0.2, -0.15) is 5.26 Å². The maximum Gasteiger partial charge on any atom is 0.230 e. The average molecular weight is 330 g/mol. The normalized spacial score (nSPS) is 9.64. The number of hydrogen-bond donors (Lipinski definition) is 2. The number of benzene rings is 2. The molecule has 0 bridgehead atoms. The van der Waals surface area contributed by atoms with Crippen LogP contribution in [0.25, 0.3) is 0 Å². The molecule has 0 heterocycles. The third-order valence-electron chi connectivity index (χ3n) is 2.80. The molecule has 0 aliphatic heterocycles. The van der Waals surface area contributed by atoms with Crippen molar-refractivity contribution in [2.45, 2.75) is 6.42 Å². The van der Waals surface area contributed by atoms with Crippen LogP contribution in [0.15, 0.2) is 48.5 Å². The second-order valence-corrected chi connectivity index (χ2v) is 5.34. The summed E-state index contributed by atoms with van der Waals surface area (Å²) in [7, 11) is 0. The van der Waals surface area contributed by atoms with Crippen molar-refractivity contribution in [1.82, 2.24) is 5.32 Å². The molecule has 0 aliphatic carbocycles. The second-order valence-electron chi connectivity index (χ2n) is 4.49. The minimum absolute atomic E-state index is 0.212. The molecule has 0 atom stereocenters. The zero-order chi connectivity index (χ0) is 15.9. The van der Waals surface area contributed by atoms with E-state index in [0.29, 0.717) is 16.3 Å². The largest absolute Gasteiger partial charge is 0.332 e. The molecule has 0 unspecified atom stereocenters. The lowest BCUT2D eigenvalue weighted by atomic mass is 10.1. The van der Waals surface area contributed by atoms with Gasteiger partial charge in [0.05, 0.1) is 18.1 Å². The SMILES string of the molecule is N#Cc1ccc(NC(=S)NC(=O)Cc2ccc(Cl)cc2)cc1. The van der Waals surface area contributed by atoms with Crippen LogP contribution in [-0.2, 0) is 11.2 Å². The number of anilines is 1. The van der Waals surface area contributed by atoms with Crippen molar-refractivity contribution in [2.75, 3.05) is 5.32 Å². The van der Waals surface area contributed by atoms with Gasteiger partial charge in [0, 0.05) is 10.7 Å². The number of thiocarbonyl (C=S) groups is 1. The zero-order valence-corrected chi connectivity index (χ0v) is 13.0. The fourth-order valence-corrected chi connectivity index (χ4v) is 2.11. The van der Waals surface area contributed by atoms with E-state index in [-0.39, 0.29) is 17.4 Å². The van der Waals surface area contributed by atoms with Gasteiger partial charge < -0.3 is 10.6 Å². The average Bonchev–Trinajstić information content (AvgIpc) is 2.50. The van der Waals surface area contributed by atoms with E-state index in [1.54, 1.807) is 48.5 Å². The molecule has 2 rings (SSSR count). The minimum Gasteiger partial charge on any atom is -0.332 e. The number of hydrogen-bond acceptors (Lipinski definition) is 3. The van der Waals surface area contributed by atoms with Crippen molar-refractivity contribution in [3.05, 3.63) is 64.7 Å². The fraction of sp³-hybridized carbons (Fsp3) is 0.0625. The third kappa shape index (κ3) is 4.85. The van der Waals surface area contributed by atoms with Gasteiger partial charge in [-0.15, -0.1) is 0 Å². The first-order chi connectivity index (χ1) is 10.6. The van der Waals surface area contributed by atoms with Gasteiger partial charge in [0.2, 0.25) is 5.91 Å². The summed E-state index contributed by atoms with van der Waals surface area (Å²) in [5, 5.41) is 15.1. The van der Waals surface area contributed by atoms with E-state index in [9.17, 15) is 4.79 Å². The van der Waals surface area contributed by atoms with Crippen molar-refractivity contribution >= 4 is 40.5 Å². The Hall–Kier alpha value is -2.42. The lowest BCUT2D eigenvalue weighted by Gasteiger charge is -2.09. The van der Waals surface area contributed by atoms with E-state index in [1.165, 1.54) is 0 Å². The molecule has 4 nitrogen and oxygen atoms in total. The van der Waals surface area contributed by atoms with Crippen LogP contribution in [0, 0.1) is 11.3 Å². The third-order valence-corrected chi connectivity index (χ3v) is 3.26. The summed E-state index contributed by atoms with van der Waals surface area (Å²) < 4.78 is 0. The molecule has 0 radical (unpaired) electrons. The summed E-state index contributed by atoms with van der Waals surface area (Å²) >= 11 is 10.9. The summed E-state index contributed by atoms with van der Waals surface area (Å²) in [6.45, 7) is 0. The highest BCUT2D eigenvalue weighted by Crippen LogP contribution is 2.10. The Morgan fingerprint density at radius 3 is 2.36 bits per heavy atom. The highest BCUT2D eigenvalue weighted by molar-refractivity contribution is 7.80. The Morgan fingerprint density at radius 2 is 1.77 bits per heavy atom. The minimum atomic E-state index is -0.214. The predicted molar refractivity (Wildman–Crippen MR) is 90.7 cm³/mol. The molecule has 2 aromatic rings. The molecular weight excluding hydrogens is 318 g/mol. The van der Waals surface area contributed by atoms with Crippen LogP contribution in [0.3, 0.4) is 0 Å². The Labute approximate surface area is 138 Å². The van der Waals surface area contributed by atoms with E-state index < -0.39 is 0 Å². The van der Waals surface area contributed by atoms with Crippen LogP contribution in [0.5, 0.6) is 0 Å². The van der Waals surface area contributed by atoms with Gasteiger partial charge in [-0.05, 0) is 54.2 Å². The zero-order valence-electron chi connectivity index (χ0n) is 11.5. The molecule has 1 amide bonds. The number of halogens is 1. The van der Waals surface area contributed by atoms with Gasteiger partial charge in [-0.1, -0.05) is 23.7 Å². The summed E-state index contributed by atoms with van der Waals surface area (Å²) in [5.74, 6) is -0.214. The van der Waals surface area contributed by atoms with Gasteiger partial charge in [-0.25, -0.2) is 0 Å². The van der Waals surface area contributed by atoms with Crippen LogP contribution < -0.4 is 10.6 Å². The maximum atomic E-state index is 11.9. The lowest BCUT2D eigenvalue weighted by molar-refractivity contribution is -0.119. The van der Waals surface area contributed by atoms with Crippen molar-refractivity contribution in [1.29, 1.82) is 5.26 Å². The van der Waals surface area contributed by atoms with E-state index in [2.05, 4.69) is 10.6 Å². The summed E-state index contributed by atoms with van der Waals surface area (Å²) in [4.78, 5) is 11.9. The number of carbonyl (C=O) groups excluding carboxylic acids is 1. The lowest BCUT2D eigenvalue weighted by Crippen LogP contribution is -2.35. The van der Waals surface area contributed by atoms with Crippen LogP contribution in [-0.4, -0.2) is 11.0 Å². The van der Waals surface area contributed by atoms with Gasteiger partial charge in [-0.3, -0.25) is 4.79 Å². The standard InChI is InChI=1S/C16H12ClN3OS/c17-13-5-1-11(2-6-13)9-15(21)20-16(22)19-14-7-3-12(10-18)4-8-14/h1-8H,9H2,(H2,19,20,21,22). The molecule has 110 valence electrons. The van der Waals surface area contributed by atoms with Crippen LogP contribution in [0.2, 0.25) is 5.02 Å². The topological polar surface area (TPSA) is 64.9 Å². The predicted octanol–water partition coefficient (Wildman–Crippen LogP) is 3.27. The molecular formula is C16H12ClN3OS. The first kappa shape index (κ1) is 16.0. The highest BCUT2D eigenvalue weighted by Gasteiger charge is 2.06. The number of carbonyl (C=O) groups is 1. The summed E-state index contributed by atoms with van der Waals surface area (Å²) in [6.07, 6.45) is 0.215. The Balaban J connectivity index is 1.86. The monoisotopic (exact) mass is 329 g/mol. The van der Waals surface area contributed by atoms with Crippen molar-refractivity contribution in [3.8, 4) is 6.07 Å². The van der Waals surface area contributed by atoms with Crippen LogP contribution in [0.4, 0.5) is 5.69 Å². The molecule has 0 saturated heterocycles. The van der Waals surface area contributed by atoms with E-state index >= 15 is 0 Å². The molecule has 22 heavy (non-hydrogen) atoms. The summed E-state index contributed by atoms with van der Waals surface area (Å²) in [6, 6.07) is 15.9. The Kier molecular flexibility index (Phi) is 5.48. The first-order valence-corrected chi connectivity index (χ1v) is 7.21. The molecule has 6 heteroatoms. The van der Waals surface area contributed by atoms with Crippen molar-refractivity contribution < 1.29 is 4.79 Å². The summed E-state index contributed by atoms with van der Waals surface area (Å²) in [5.41, 5.74) is 2.11. The number of nitriles is 1.